The fraction of sp³-hybridized carbons (Fsp3) is 0.444. The monoisotopic (exact) mass is 314 g/mol. The van der Waals surface area contributed by atoms with Crippen molar-refractivity contribution in [2.24, 2.45) is 4.99 Å². The summed E-state index contributed by atoms with van der Waals surface area (Å²) in [6.45, 7) is 8.07. The third kappa shape index (κ3) is 5.77. The van der Waals surface area contributed by atoms with Crippen molar-refractivity contribution < 1.29 is 4.42 Å². The van der Waals surface area contributed by atoms with E-state index in [1.807, 2.05) is 19.9 Å². The normalized spacial score (nSPS) is 11.5. The van der Waals surface area contributed by atoms with Crippen LogP contribution in [0.15, 0.2) is 39.7 Å². The number of rotatable bonds is 7. The summed E-state index contributed by atoms with van der Waals surface area (Å²) in [6.07, 6.45) is 2.12. The van der Waals surface area contributed by atoms with Gasteiger partial charge in [0.25, 0.3) is 0 Å². The van der Waals surface area contributed by atoms with Crippen LogP contribution in [0.1, 0.15) is 36.3 Å². The molecule has 0 saturated carbocycles. The molecule has 5 nitrogen and oxygen atoms in total. The number of hydrogen-bond acceptors (Lipinski definition) is 3. The Kier molecular flexibility index (Phi) is 6.66. The van der Waals surface area contributed by atoms with Gasteiger partial charge in [0.1, 0.15) is 12.3 Å². The van der Waals surface area contributed by atoms with Crippen molar-refractivity contribution in [3.05, 3.63) is 53.2 Å². The highest BCUT2D eigenvalue weighted by Crippen LogP contribution is 2.08. The first-order valence-corrected chi connectivity index (χ1v) is 8.18. The van der Waals surface area contributed by atoms with E-state index in [1.54, 1.807) is 0 Å². The van der Waals surface area contributed by atoms with Crippen molar-refractivity contribution in [2.75, 3.05) is 13.1 Å². The van der Waals surface area contributed by atoms with Crippen molar-refractivity contribution in [1.29, 1.82) is 0 Å². The van der Waals surface area contributed by atoms with E-state index < -0.39 is 0 Å². The molecule has 0 bridgehead atoms. The molecular formula is C18H26N4O. The van der Waals surface area contributed by atoms with Crippen molar-refractivity contribution in [3.63, 3.8) is 0 Å². The second-order valence-corrected chi connectivity index (χ2v) is 5.46. The Morgan fingerprint density at radius 1 is 1.17 bits per heavy atom. The molecule has 1 aromatic carbocycles. The highest BCUT2D eigenvalue weighted by Gasteiger charge is 2.05. The predicted octanol–water partition coefficient (Wildman–Crippen LogP) is 2.98. The van der Waals surface area contributed by atoms with Gasteiger partial charge in [-0.3, -0.25) is 0 Å². The van der Waals surface area contributed by atoms with Crippen molar-refractivity contribution in [1.82, 2.24) is 15.6 Å². The van der Waals surface area contributed by atoms with Gasteiger partial charge < -0.3 is 15.1 Å². The maximum atomic E-state index is 5.55. The molecule has 23 heavy (non-hydrogen) atoms. The summed E-state index contributed by atoms with van der Waals surface area (Å²) in [5.41, 5.74) is 2.29. The number of guanidine groups is 1. The predicted molar refractivity (Wildman–Crippen MR) is 93.6 cm³/mol. The van der Waals surface area contributed by atoms with Crippen LogP contribution in [0.3, 0.4) is 0 Å². The minimum atomic E-state index is 0.447. The molecule has 0 spiro atoms. The Hall–Kier alpha value is -2.30. The first kappa shape index (κ1) is 17.1. The lowest BCUT2D eigenvalue weighted by atomic mass is 10.1. The summed E-state index contributed by atoms with van der Waals surface area (Å²) in [4.78, 5) is 8.87. The minimum absolute atomic E-state index is 0.447. The van der Waals surface area contributed by atoms with Gasteiger partial charge in [0, 0.05) is 13.1 Å². The van der Waals surface area contributed by atoms with Crippen LogP contribution in [0.2, 0.25) is 0 Å². The minimum Gasteiger partial charge on any atom is -0.444 e. The number of oxazole rings is 1. The molecule has 1 aromatic heterocycles. The Morgan fingerprint density at radius 2 is 1.96 bits per heavy atom. The fourth-order valence-electron chi connectivity index (χ4n) is 2.24. The SMILES string of the molecule is CCNC(=NCc1nc(C)c(C)o1)NCCCc1ccccc1. The van der Waals surface area contributed by atoms with E-state index in [1.165, 1.54) is 5.56 Å². The molecule has 1 heterocycles. The molecule has 0 saturated heterocycles. The van der Waals surface area contributed by atoms with Crippen molar-refractivity contribution >= 4 is 5.96 Å². The lowest BCUT2D eigenvalue weighted by Gasteiger charge is -2.10. The average molecular weight is 314 g/mol. The number of aromatic nitrogens is 1. The lowest BCUT2D eigenvalue weighted by Crippen LogP contribution is -2.37. The van der Waals surface area contributed by atoms with Gasteiger partial charge in [0.15, 0.2) is 5.96 Å². The van der Waals surface area contributed by atoms with Gasteiger partial charge in [0.2, 0.25) is 5.89 Å². The highest BCUT2D eigenvalue weighted by molar-refractivity contribution is 5.79. The molecule has 2 aromatic rings. The first-order valence-electron chi connectivity index (χ1n) is 8.18. The van der Waals surface area contributed by atoms with Crippen LogP contribution >= 0.6 is 0 Å². The third-order valence-corrected chi connectivity index (χ3v) is 3.57. The Labute approximate surface area is 138 Å². The summed E-state index contributed by atoms with van der Waals surface area (Å²) >= 11 is 0. The zero-order valence-corrected chi connectivity index (χ0v) is 14.2. The summed E-state index contributed by atoms with van der Waals surface area (Å²) in [6, 6.07) is 10.5. The van der Waals surface area contributed by atoms with Gasteiger partial charge in [-0.1, -0.05) is 30.3 Å². The summed E-state index contributed by atoms with van der Waals surface area (Å²) < 4.78 is 5.55. The molecule has 0 aliphatic rings. The zero-order chi connectivity index (χ0) is 16.5. The molecule has 0 amide bonds. The topological polar surface area (TPSA) is 62.5 Å². The van der Waals surface area contributed by atoms with E-state index >= 15 is 0 Å². The molecule has 124 valence electrons. The Balaban J connectivity index is 1.79. The number of nitrogens with zero attached hydrogens (tertiary/aromatic N) is 2. The third-order valence-electron chi connectivity index (χ3n) is 3.57. The van der Waals surface area contributed by atoms with Crippen LogP contribution in [-0.4, -0.2) is 24.0 Å². The van der Waals surface area contributed by atoms with E-state index in [0.717, 1.165) is 43.3 Å². The van der Waals surface area contributed by atoms with E-state index in [2.05, 4.69) is 51.8 Å². The molecule has 0 aliphatic heterocycles. The standard InChI is InChI=1S/C18H26N4O/c1-4-19-18(21-13-17-22-14(2)15(3)23-17)20-12-8-11-16-9-6-5-7-10-16/h5-7,9-10H,4,8,11-13H2,1-3H3,(H2,19,20,21). The van der Waals surface area contributed by atoms with Crippen LogP contribution in [0, 0.1) is 13.8 Å². The quantitative estimate of drug-likeness (QED) is 0.468. The van der Waals surface area contributed by atoms with Gasteiger partial charge >= 0.3 is 0 Å². The maximum absolute atomic E-state index is 5.55. The molecule has 2 N–H and O–H groups in total. The summed E-state index contributed by atoms with van der Waals surface area (Å²) in [5.74, 6) is 2.31. The first-order chi connectivity index (χ1) is 11.2. The van der Waals surface area contributed by atoms with Crippen LogP contribution in [-0.2, 0) is 13.0 Å². The Bertz CT molecular complexity index is 600. The highest BCUT2D eigenvalue weighted by atomic mass is 16.4. The van der Waals surface area contributed by atoms with Crippen LogP contribution < -0.4 is 10.6 Å². The van der Waals surface area contributed by atoms with Gasteiger partial charge in [-0.15, -0.1) is 0 Å². The zero-order valence-electron chi connectivity index (χ0n) is 14.2. The van der Waals surface area contributed by atoms with Gasteiger partial charge in [-0.25, -0.2) is 9.98 Å². The molecule has 0 radical (unpaired) electrons. The van der Waals surface area contributed by atoms with Gasteiger partial charge in [0.05, 0.1) is 5.69 Å². The number of benzene rings is 1. The molecular weight excluding hydrogens is 288 g/mol. The average Bonchev–Trinajstić information content (AvgIpc) is 2.88. The van der Waals surface area contributed by atoms with E-state index in [-0.39, 0.29) is 0 Å². The number of nitrogens with one attached hydrogen (secondary N) is 2. The number of aliphatic imine (C=N–C) groups is 1. The number of aryl methyl sites for hydroxylation is 3. The van der Waals surface area contributed by atoms with E-state index in [9.17, 15) is 0 Å². The molecule has 0 atom stereocenters. The van der Waals surface area contributed by atoms with Crippen molar-refractivity contribution in [3.8, 4) is 0 Å². The molecule has 0 unspecified atom stereocenters. The summed E-state index contributed by atoms with van der Waals surface area (Å²) in [5, 5.41) is 6.59. The van der Waals surface area contributed by atoms with Crippen LogP contribution in [0.25, 0.3) is 0 Å². The van der Waals surface area contributed by atoms with E-state index in [0.29, 0.717) is 12.4 Å². The molecule has 5 heteroatoms. The molecule has 0 aliphatic carbocycles. The van der Waals surface area contributed by atoms with Crippen LogP contribution in [0.5, 0.6) is 0 Å². The van der Waals surface area contributed by atoms with Gasteiger partial charge in [-0.05, 0) is 39.2 Å². The Morgan fingerprint density at radius 3 is 2.61 bits per heavy atom. The van der Waals surface area contributed by atoms with Gasteiger partial charge in [-0.2, -0.15) is 0 Å². The molecule has 2 rings (SSSR count). The second kappa shape index (κ2) is 8.98. The lowest BCUT2D eigenvalue weighted by molar-refractivity contribution is 0.473. The van der Waals surface area contributed by atoms with Crippen molar-refractivity contribution in [2.45, 2.75) is 40.2 Å². The van der Waals surface area contributed by atoms with E-state index in [4.69, 9.17) is 4.42 Å². The number of hydrogen-bond donors (Lipinski definition) is 2. The maximum Gasteiger partial charge on any atom is 0.216 e. The largest absolute Gasteiger partial charge is 0.444 e. The smallest absolute Gasteiger partial charge is 0.216 e. The molecule has 0 fully saturated rings. The fourth-order valence-corrected chi connectivity index (χ4v) is 2.24. The summed E-state index contributed by atoms with van der Waals surface area (Å²) in [7, 11) is 0. The van der Waals surface area contributed by atoms with Crippen LogP contribution in [0.4, 0.5) is 0 Å². The second-order valence-electron chi connectivity index (χ2n) is 5.46.